The van der Waals surface area contributed by atoms with E-state index in [1.54, 1.807) is 0 Å². The monoisotopic (exact) mass is 340 g/mol. The van der Waals surface area contributed by atoms with Crippen LogP contribution in [0.5, 0.6) is 0 Å². The minimum atomic E-state index is 0.379. The normalized spacial score (nSPS) is 17.4. The summed E-state index contributed by atoms with van der Waals surface area (Å²) in [5.41, 5.74) is 3.71. The first-order chi connectivity index (χ1) is 12.2. The summed E-state index contributed by atoms with van der Waals surface area (Å²) < 4.78 is 2.08. The van der Waals surface area contributed by atoms with Crippen molar-refractivity contribution in [2.24, 2.45) is 4.99 Å². The van der Waals surface area contributed by atoms with Gasteiger partial charge >= 0.3 is 0 Å². The van der Waals surface area contributed by atoms with Crippen LogP contribution in [0.4, 0.5) is 0 Å². The minimum absolute atomic E-state index is 0.379. The molecule has 2 N–H and O–H groups in total. The molecule has 0 radical (unpaired) electrons. The second kappa shape index (κ2) is 8.14. The highest BCUT2D eigenvalue weighted by Gasteiger charge is 2.22. The summed E-state index contributed by atoms with van der Waals surface area (Å²) in [7, 11) is 1.82. The zero-order valence-electron chi connectivity index (χ0n) is 15.4. The van der Waals surface area contributed by atoms with E-state index >= 15 is 0 Å². The molecular formula is C19H28N6. The largest absolute Gasteiger partial charge is 0.356 e. The lowest BCUT2D eigenvalue weighted by atomic mass is 9.94. The Balaban J connectivity index is 1.50. The topological polar surface area (TPSA) is 67.1 Å². The first-order valence-electron chi connectivity index (χ1n) is 9.09. The summed E-state index contributed by atoms with van der Waals surface area (Å²) in [6.07, 6.45) is 8.06. The van der Waals surface area contributed by atoms with Crippen LogP contribution in [0.3, 0.4) is 0 Å². The smallest absolute Gasteiger partial charge is 0.191 e. The van der Waals surface area contributed by atoms with Crippen molar-refractivity contribution in [1.29, 1.82) is 0 Å². The van der Waals surface area contributed by atoms with Gasteiger partial charge in [0.15, 0.2) is 5.96 Å². The molecule has 0 amide bonds. The molecule has 134 valence electrons. The van der Waals surface area contributed by atoms with Gasteiger partial charge in [-0.25, -0.2) is 0 Å². The number of nitrogens with one attached hydrogen (secondary N) is 2. The Kier molecular flexibility index (Phi) is 5.68. The van der Waals surface area contributed by atoms with Gasteiger partial charge in [0.05, 0.1) is 5.69 Å². The van der Waals surface area contributed by atoms with Crippen LogP contribution in [0.1, 0.15) is 43.3 Å². The number of nitrogens with zero attached hydrogens (tertiary/aromatic N) is 4. The second-order valence-electron chi connectivity index (χ2n) is 6.83. The van der Waals surface area contributed by atoms with Crippen LogP contribution in [0.15, 0.2) is 35.6 Å². The van der Waals surface area contributed by atoms with Gasteiger partial charge < -0.3 is 10.6 Å². The molecular weight excluding hydrogens is 312 g/mol. The molecule has 6 heteroatoms. The van der Waals surface area contributed by atoms with Gasteiger partial charge in [-0.05, 0) is 44.4 Å². The van der Waals surface area contributed by atoms with Crippen molar-refractivity contribution in [1.82, 2.24) is 25.4 Å². The average Bonchev–Trinajstić information content (AvgIpc) is 3.05. The Morgan fingerprint density at radius 3 is 3.00 bits per heavy atom. The Hall–Kier alpha value is -2.37. The van der Waals surface area contributed by atoms with E-state index < -0.39 is 0 Å². The van der Waals surface area contributed by atoms with Gasteiger partial charge in [-0.15, -0.1) is 0 Å². The number of aliphatic imine (C=N–C) groups is 1. The van der Waals surface area contributed by atoms with Crippen molar-refractivity contribution in [3.05, 3.63) is 47.5 Å². The molecule has 2 heterocycles. The quantitative estimate of drug-likeness (QED) is 0.646. The summed E-state index contributed by atoms with van der Waals surface area (Å²) >= 11 is 0. The molecule has 0 bridgehead atoms. The number of pyridine rings is 1. The van der Waals surface area contributed by atoms with E-state index in [1.807, 2.05) is 31.4 Å². The maximum absolute atomic E-state index is 4.74. The van der Waals surface area contributed by atoms with Crippen molar-refractivity contribution in [2.45, 2.75) is 51.6 Å². The SMILES string of the molecule is CN=C(NCCc1ccccn1)NC1CCc2cn(C(C)C)nc2C1. The van der Waals surface area contributed by atoms with Crippen molar-refractivity contribution in [2.75, 3.05) is 13.6 Å². The number of guanidine groups is 1. The van der Waals surface area contributed by atoms with E-state index in [0.717, 1.165) is 43.9 Å². The van der Waals surface area contributed by atoms with Crippen LogP contribution in [0, 0.1) is 0 Å². The highest BCUT2D eigenvalue weighted by molar-refractivity contribution is 5.80. The molecule has 25 heavy (non-hydrogen) atoms. The highest BCUT2D eigenvalue weighted by Crippen LogP contribution is 2.21. The van der Waals surface area contributed by atoms with Crippen LogP contribution < -0.4 is 10.6 Å². The molecule has 2 aromatic rings. The third-order valence-electron chi connectivity index (χ3n) is 4.59. The maximum Gasteiger partial charge on any atom is 0.191 e. The lowest BCUT2D eigenvalue weighted by Crippen LogP contribution is -2.46. The van der Waals surface area contributed by atoms with Gasteiger partial charge in [0.1, 0.15) is 0 Å². The molecule has 1 aliphatic carbocycles. The predicted molar refractivity (Wildman–Crippen MR) is 101 cm³/mol. The molecule has 1 atom stereocenters. The highest BCUT2D eigenvalue weighted by atomic mass is 15.3. The number of hydrogen-bond donors (Lipinski definition) is 2. The van der Waals surface area contributed by atoms with Crippen molar-refractivity contribution < 1.29 is 0 Å². The maximum atomic E-state index is 4.74. The second-order valence-corrected chi connectivity index (χ2v) is 6.83. The van der Waals surface area contributed by atoms with Crippen LogP contribution in [0.25, 0.3) is 0 Å². The van der Waals surface area contributed by atoms with E-state index in [1.165, 1.54) is 11.3 Å². The third kappa shape index (κ3) is 4.59. The van der Waals surface area contributed by atoms with E-state index in [4.69, 9.17) is 5.10 Å². The number of fused-ring (bicyclic) bond motifs is 1. The van der Waals surface area contributed by atoms with Crippen LogP contribution in [0.2, 0.25) is 0 Å². The molecule has 6 nitrogen and oxygen atoms in total. The zero-order valence-corrected chi connectivity index (χ0v) is 15.4. The number of hydrogen-bond acceptors (Lipinski definition) is 3. The number of aromatic nitrogens is 3. The van der Waals surface area contributed by atoms with Gasteiger partial charge in [0, 0.05) is 56.6 Å². The fraction of sp³-hybridized carbons (Fsp3) is 0.526. The Morgan fingerprint density at radius 2 is 2.28 bits per heavy atom. The Labute approximate surface area is 149 Å². The Morgan fingerprint density at radius 1 is 1.40 bits per heavy atom. The fourth-order valence-corrected chi connectivity index (χ4v) is 3.14. The summed E-state index contributed by atoms with van der Waals surface area (Å²) in [5, 5.41) is 11.7. The van der Waals surface area contributed by atoms with Crippen molar-refractivity contribution in [3.63, 3.8) is 0 Å². The molecule has 0 saturated heterocycles. The standard InChI is InChI=1S/C19H28N6/c1-14(2)25-13-15-7-8-17(12-18(15)24-25)23-19(20-3)22-11-9-16-6-4-5-10-21-16/h4-6,10,13-14,17H,7-9,11-12H2,1-3H3,(H2,20,22,23). The zero-order chi connectivity index (χ0) is 17.6. The van der Waals surface area contributed by atoms with E-state index in [-0.39, 0.29) is 0 Å². The van der Waals surface area contributed by atoms with E-state index in [0.29, 0.717) is 12.1 Å². The molecule has 0 aliphatic heterocycles. The third-order valence-corrected chi connectivity index (χ3v) is 4.59. The lowest BCUT2D eigenvalue weighted by molar-refractivity contribution is 0.499. The first-order valence-corrected chi connectivity index (χ1v) is 9.09. The fourth-order valence-electron chi connectivity index (χ4n) is 3.14. The molecule has 0 saturated carbocycles. The van der Waals surface area contributed by atoms with Crippen molar-refractivity contribution in [3.8, 4) is 0 Å². The molecule has 1 aliphatic rings. The average molecular weight is 340 g/mol. The van der Waals surface area contributed by atoms with Crippen LogP contribution >= 0.6 is 0 Å². The lowest BCUT2D eigenvalue weighted by Gasteiger charge is -2.24. The van der Waals surface area contributed by atoms with Crippen LogP contribution in [-0.4, -0.2) is 40.4 Å². The van der Waals surface area contributed by atoms with Gasteiger partial charge in [0.25, 0.3) is 0 Å². The summed E-state index contributed by atoms with van der Waals surface area (Å²) in [4.78, 5) is 8.70. The van der Waals surface area contributed by atoms with Gasteiger partial charge in [-0.2, -0.15) is 5.10 Å². The molecule has 1 unspecified atom stereocenters. The molecule has 2 aromatic heterocycles. The first kappa shape index (κ1) is 17.5. The molecule has 0 aromatic carbocycles. The van der Waals surface area contributed by atoms with E-state index in [2.05, 4.69) is 45.3 Å². The number of rotatable bonds is 5. The predicted octanol–water partition coefficient (Wildman–Crippen LogP) is 2.12. The minimum Gasteiger partial charge on any atom is -0.356 e. The summed E-state index contributed by atoms with van der Waals surface area (Å²) in [6, 6.07) is 6.80. The molecule has 0 spiro atoms. The van der Waals surface area contributed by atoms with Gasteiger partial charge in [-0.1, -0.05) is 6.07 Å². The summed E-state index contributed by atoms with van der Waals surface area (Å²) in [6.45, 7) is 5.15. The van der Waals surface area contributed by atoms with Gasteiger partial charge in [0.2, 0.25) is 0 Å². The molecule has 3 rings (SSSR count). The van der Waals surface area contributed by atoms with Crippen molar-refractivity contribution >= 4 is 5.96 Å². The Bertz CT molecular complexity index is 704. The molecule has 0 fully saturated rings. The van der Waals surface area contributed by atoms with E-state index in [9.17, 15) is 0 Å². The van der Waals surface area contributed by atoms with Gasteiger partial charge in [-0.3, -0.25) is 14.7 Å². The van der Waals surface area contributed by atoms with Crippen LogP contribution in [-0.2, 0) is 19.3 Å². The number of aryl methyl sites for hydroxylation is 1. The summed E-state index contributed by atoms with van der Waals surface area (Å²) in [5.74, 6) is 0.854.